The molecule has 2 rings (SSSR count). The molecule has 0 aliphatic heterocycles. The van der Waals surface area contributed by atoms with Crippen molar-refractivity contribution in [3.63, 3.8) is 0 Å². The number of carboxylic acid groups (broad SMARTS) is 1. The van der Waals surface area contributed by atoms with Gasteiger partial charge in [-0.2, -0.15) is 0 Å². The van der Waals surface area contributed by atoms with Gasteiger partial charge in [-0.1, -0.05) is 18.5 Å². The van der Waals surface area contributed by atoms with Crippen LogP contribution in [-0.2, 0) is 6.42 Å². The van der Waals surface area contributed by atoms with Gasteiger partial charge in [-0.25, -0.2) is 9.78 Å². The van der Waals surface area contributed by atoms with Gasteiger partial charge in [0.2, 0.25) is 5.88 Å². The molecule has 0 bridgehead atoms. The molecular weight excluding hydrogens is 290 g/mol. The normalized spacial score (nSPS) is 10.5. The largest absolute Gasteiger partial charge is 0.478 e. The smallest absolute Gasteiger partial charge is 0.335 e. The van der Waals surface area contributed by atoms with Crippen LogP contribution in [0.3, 0.4) is 0 Å². The zero-order valence-corrected chi connectivity index (χ0v) is 12.9. The molecule has 0 fully saturated rings. The number of carboxylic acids is 1. The third-order valence-corrected chi connectivity index (χ3v) is 3.69. The standard InChI is InChI=1S/C16H16ClNO3/c1-4-12-7-11(16(19)20)8-14(18-12)21-13-5-9(2)15(17)10(3)6-13/h5-8H,4H2,1-3H3,(H,19,20). The number of pyridine rings is 1. The van der Waals surface area contributed by atoms with Crippen molar-refractivity contribution in [3.8, 4) is 11.6 Å². The number of hydrogen-bond acceptors (Lipinski definition) is 3. The van der Waals surface area contributed by atoms with Crippen LogP contribution in [0.5, 0.6) is 11.6 Å². The van der Waals surface area contributed by atoms with E-state index in [-0.39, 0.29) is 11.4 Å². The Morgan fingerprint density at radius 2 is 1.86 bits per heavy atom. The Morgan fingerprint density at radius 1 is 1.24 bits per heavy atom. The minimum absolute atomic E-state index is 0.166. The number of aromatic nitrogens is 1. The van der Waals surface area contributed by atoms with Crippen molar-refractivity contribution in [3.05, 3.63) is 51.7 Å². The predicted molar refractivity (Wildman–Crippen MR) is 81.6 cm³/mol. The molecule has 110 valence electrons. The molecule has 0 saturated carbocycles. The fourth-order valence-corrected chi connectivity index (χ4v) is 2.11. The lowest BCUT2D eigenvalue weighted by Crippen LogP contribution is -2.01. The van der Waals surface area contributed by atoms with Crippen LogP contribution in [0.1, 0.15) is 34.1 Å². The molecule has 0 atom stereocenters. The van der Waals surface area contributed by atoms with Crippen molar-refractivity contribution in [1.29, 1.82) is 0 Å². The molecule has 4 nitrogen and oxygen atoms in total. The Kier molecular flexibility index (Phi) is 4.48. The Hall–Kier alpha value is -2.07. The van der Waals surface area contributed by atoms with Crippen LogP contribution in [0.25, 0.3) is 0 Å². The summed E-state index contributed by atoms with van der Waals surface area (Å²) in [4.78, 5) is 15.4. The van der Waals surface area contributed by atoms with Gasteiger partial charge in [0.05, 0.1) is 5.56 Å². The van der Waals surface area contributed by atoms with Gasteiger partial charge in [-0.15, -0.1) is 0 Å². The highest BCUT2D eigenvalue weighted by Gasteiger charge is 2.10. The van der Waals surface area contributed by atoms with Gasteiger partial charge in [-0.3, -0.25) is 0 Å². The monoisotopic (exact) mass is 305 g/mol. The van der Waals surface area contributed by atoms with E-state index >= 15 is 0 Å². The van der Waals surface area contributed by atoms with E-state index in [0.717, 1.165) is 11.1 Å². The molecule has 0 amide bonds. The molecular formula is C16H16ClNO3. The number of hydrogen-bond donors (Lipinski definition) is 1. The van der Waals surface area contributed by atoms with E-state index in [0.29, 0.717) is 22.9 Å². The fourth-order valence-electron chi connectivity index (χ4n) is 2.00. The van der Waals surface area contributed by atoms with Crippen molar-refractivity contribution in [2.24, 2.45) is 0 Å². The molecule has 0 saturated heterocycles. The average Bonchev–Trinajstić information content (AvgIpc) is 2.44. The second-order valence-corrected chi connectivity index (χ2v) is 5.20. The molecule has 2 aromatic rings. The summed E-state index contributed by atoms with van der Waals surface area (Å²) in [6.45, 7) is 5.69. The Balaban J connectivity index is 2.39. The zero-order valence-electron chi connectivity index (χ0n) is 12.1. The van der Waals surface area contributed by atoms with E-state index in [4.69, 9.17) is 21.4 Å². The first kappa shape index (κ1) is 15.3. The number of halogens is 1. The molecule has 1 N–H and O–H groups in total. The molecule has 0 radical (unpaired) electrons. The van der Waals surface area contributed by atoms with Gasteiger partial charge < -0.3 is 9.84 Å². The molecule has 0 aliphatic carbocycles. The quantitative estimate of drug-likeness (QED) is 0.909. The molecule has 5 heteroatoms. The highest BCUT2D eigenvalue weighted by atomic mass is 35.5. The maximum Gasteiger partial charge on any atom is 0.335 e. The van der Waals surface area contributed by atoms with Crippen LogP contribution in [-0.4, -0.2) is 16.1 Å². The Labute approximate surface area is 128 Å². The second kappa shape index (κ2) is 6.14. The number of carbonyl (C=O) groups is 1. The summed E-state index contributed by atoms with van der Waals surface area (Å²) in [6, 6.07) is 6.57. The SMILES string of the molecule is CCc1cc(C(=O)O)cc(Oc2cc(C)c(Cl)c(C)c2)n1. The van der Waals surface area contributed by atoms with Gasteiger partial charge in [0.15, 0.2) is 0 Å². The lowest BCUT2D eigenvalue weighted by Gasteiger charge is -2.10. The van der Waals surface area contributed by atoms with Crippen molar-refractivity contribution in [2.75, 3.05) is 0 Å². The first-order valence-electron chi connectivity index (χ1n) is 6.59. The number of rotatable bonds is 4. The lowest BCUT2D eigenvalue weighted by molar-refractivity contribution is 0.0696. The first-order chi connectivity index (χ1) is 9.90. The molecule has 1 heterocycles. The van der Waals surface area contributed by atoms with E-state index in [1.807, 2.05) is 20.8 Å². The summed E-state index contributed by atoms with van der Waals surface area (Å²) in [6.07, 6.45) is 0.635. The van der Waals surface area contributed by atoms with Crippen LogP contribution in [0.15, 0.2) is 24.3 Å². The van der Waals surface area contributed by atoms with Gasteiger partial charge in [0, 0.05) is 16.8 Å². The maximum absolute atomic E-state index is 11.1. The van der Waals surface area contributed by atoms with Gasteiger partial charge in [-0.05, 0) is 49.6 Å². The molecule has 0 spiro atoms. The van der Waals surface area contributed by atoms with Crippen molar-refractivity contribution >= 4 is 17.6 Å². The molecule has 0 aliphatic rings. The summed E-state index contributed by atoms with van der Waals surface area (Å²) >= 11 is 6.12. The average molecular weight is 306 g/mol. The highest BCUT2D eigenvalue weighted by Crippen LogP contribution is 2.29. The summed E-state index contributed by atoms with van der Waals surface area (Å²) in [5.74, 6) is -0.139. The van der Waals surface area contributed by atoms with Gasteiger partial charge in [0.25, 0.3) is 0 Å². The minimum atomic E-state index is -1.000. The van der Waals surface area contributed by atoms with Crippen LogP contribution in [0.2, 0.25) is 5.02 Å². The van der Waals surface area contributed by atoms with Crippen molar-refractivity contribution in [1.82, 2.24) is 4.98 Å². The van der Waals surface area contributed by atoms with Gasteiger partial charge in [0.1, 0.15) is 5.75 Å². The van der Waals surface area contributed by atoms with Crippen LogP contribution >= 0.6 is 11.6 Å². The summed E-state index contributed by atoms with van der Waals surface area (Å²) in [5.41, 5.74) is 2.64. The topological polar surface area (TPSA) is 59.4 Å². The second-order valence-electron chi connectivity index (χ2n) is 4.82. The first-order valence-corrected chi connectivity index (χ1v) is 6.97. The molecule has 1 aromatic heterocycles. The summed E-state index contributed by atoms with van der Waals surface area (Å²) in [5, 5.41) is 9.82. The minimum Gasteiger partial charge on any atom is -0.478 e. The molecule has 21 heavy (non-hydrogen) atoms. The number of aromatic carboxylic acids is 1. The van der Waals surface area contributed by atoms with E-state index in [9.17, 15) is 4.79 Å². The Bertz CT molecular complexity index is 675. The Morgan fingerprint density at radius 3 is 2.38 bits per heavy atom. The van der Waals surface area contributed by atoms with E-state index < -0.39 is 5.97 Å². The van der Waals surface area contributed by atoms with E-state index in [1.165, 1.54) is 6.07 Å². The third-order valence-electron chi connectivity index (χ3n) is 3.10. The van der Waals surface area contributed by atoms with Crippen LogP contribution in [0, 0.1) is 13.8 Å². The number of nitrogens with zero attached hydrogens (tertiary/aromatic N) is 1. The maximum atomic E-state index is 11.1. The number of benzene rings is 1. The van der Waals surface area contributed by atoms with Crippen molar-refractivity contribution < 1.29 is 14.6 Å². The lowest BCUT2D eigenvalue weighted by atomic mass is 10.1. The van der Waals surface area contributed by atoms with Crippen LogP contribution < -0.4 is 4.74 Å². The highest BCUT2D eigenvalue weighted by molar-refractivity contribution is 6.32. The number of aryl methyl sites for hydroxylation is 3. The van der Waals surface area contributed by atoms with Crippen molar-refractivity contribution in [2.45, 2.75) is 27.2 Å². The zero-order chi connectivity index (χ0) is 15.6. The van der Waals surface area contributed by atoms with Gasteiger partial charge >= 0.3 is 5.97 Å². The summed E-state index contributed by atoms with van der Waals surface area (Å²) in [7, 11) is 0. The molecule has 1 aromatic carbocycles. The molecule has 0 unspecified atom stereocenters. The van der Waals surface area contributed by atoms with Crippen LogP contribution in [0.4, 0.5) is 0 Å². The fraction of sp³-hybridized carbons (Fsp3) is 0.250. The summed E-state index contributed by atoms with van der Waals surface area (Å²) < 4.78 is 5.70. The van der Waals surface area contributed by atoms with E-state index in [2.05, 4.69) is 4.98 Å². The predicted octanol–water partition coefficient (Wildman–Crippen LogP) is 4.40. The number of ether oxygens (including phenoxy) is 1. The van der Waals surface area contributed by atoms with E-state index in [1.54, 1.807) is 18.2 Å². The third kappa shape index (κ3) is 3.52.